The molecule has 2 amide bonds. The van der Waals surface area contributed by atoms with E-state index in [1.54, 1.807) is 32.9 Å². The monoisotopic (exact) mass is 486 g/mol. The first kappa shape index (κ1) is 25.2. The maximum Gasteiger partial charge on any atom is 0.340 e. The smallest absolute Gasteiger partial charge is 0.340 e. The van der Waals surface area contributed by atoms with Gasteiger partial charge in [0.25, 0.3) is 11.8 Å². The minimum absolute atomic E-state index is 0.134. The average molecular weight is 487 g/mol. The van der Waals surface area contributed by atoms with E-state index >= 15 is 0 Å². The number of Topliss-reactive ketones (excluding diaryl/α,β-unsaturated/α-hetero) is 1. The molecular formula is C24H26N2O7S. The Balaban J connectivity index is 1.76. The minimum atomic E-state index is -1.16. The molecule has 1 aromatic heterocycles. The van der Waals surface area contributed by atoms with Crippen LogP contribution >= 0.6 is 11.8 Å². The summed E-state index contributed by atoms with van der Waals surface area (Å²) >= 11 is 1.45. The van der Waals surface area contributed by atoms with Crippen molar-refractivity contribution < 1.29 is 33.4 Å². The predicted octanol–water partition coefficient (Wildman–Crippen LogP) is 2.95. The van der Waals surface area contributed by atoms with Crippen LogP contribution in [0, 0.1) is 13.8 Å². The number of aromatic amines is 1. The maximum absolute atomic E-state index is 13.0. The van der Waals surface area contributed by atoms with Crippen LogP contribution in [0.4, 0.5) is 0 Å². The molecule has 1 atom stereocenters. The largest absolute Gasteiger partial charge is 0.462 e. The molecule has 0 aliphatic carbocycles. The van der Waals surface area contributed by atoms with E-state index in [0.717, 1.165) is 4.90 Å². The molecule has 0 saturated heterocycles. The van der Waals surface area contributed by atoms with Gasteiger partial charge in [-0.05, 0) is 56.9 Å². The Hall–Kier alpha value is -3.40. The van der Waals surface area contributed by atoms with Gasteiger partial charge in [-0.3, -0.25) is 19.3 Å². The van der Waals surface area contributed by atoms with Crippen LogP contribution in [0.1, 0.15) is 66.2 Å². The Morgan fingerprint density at radius 3 is 2.24 bits per heavy atom. The first-order valence-electron chi connectivity index (χ1n) is 10.7. The number of esters is 2. The van der Waals surface area contributed by atoms with Crippen LogP contribution in [0.3, 0.4) is 0 Å². The third-order valence-electron chi connectivity index (χ3n) is 5.55. The molecular weight excluding hydrogens is 460 g/mol. The number of fused-ring (bicyclic) bond motifs is 1. The van der Waals surface area contributed by atoms with Crippen LogP contribution in [0.25, 0.3) is 0 Å². The SMILES string of the molecule is CCOC(=O)c1c(C)[nH]c(C(=O)COC(=O)[C@H](CCSC)N2C(=O)c3ccccc3C2=O)c1C. The maximum atomic E-state index is 13.0. The fourth-order valence-corrected chi connectivity index (χ4v) is 4.38. The first-order valence-corrected chi connectivity index (χ1v) is 12.1. The number of nitrogens with one attached hydrogen (secondary N) is 1. The van der Waals surface area contributed by atoms with E-state index in [-0.39, 0.29) is 35.4 Å². The van der Waals surface area contributed by atoms with Crippen LogP contribution < -0.4 is 0 Å². The molecule has 34 heavy (non-hydrogen) atoms. The predicted molar refractivity (Wildman–Crippen MR) is 125 cm³/mol. The van der Waals surface area contributed by atoms with Crippen LogP contribution in [-0.4, -0.2) is 70.7 Å². The molecule has 0 radical (unpaired) electrons. The number of H-pyrrole nitrogens is 1. The molecule has 0 unspecified atom stereocenters. The van der Waals surface area contributed by atoms with Gasteiger partial charge in [0.1, 0.15) is 6.04 Å². The van der Waals surface area contributed by atoms with E-state index in [2.05, 4.69) is 4.98 Å². The number of hydrogen-bond acceptors (Lipinski definition) is 8. The number of thioether (sulfide) groups is 1. The van der Waals surface area contributed by atoms with Crippen molar-refractivity contribution in [1.29, 1.82) is 0 Å². The Morgan fingerprint density at radius 1 is 1.06 bits per heavy atom. The van der Waals surface area contributed by atoms with Crippen LogP contribution in [0.5, 0.6) is 0 Å². The van der Waals surface area contributed by atoms with Crippen molar-refractivity contribution in [3.63, 3.8) is 0 Å². The molecule has 1 aliphatic heterocycles. The second kappa shape index (κ2) is 10.7. The molecule has 10 heteroatoms. The molecule has 0 spiro atoms. The van der Waals surface area contributed by atoms with Gasteiger partial charge in [-0.15, -0.1) is 0 Å². The highest BCUT2D eigenvalue weighted by molar-refractivity contribution is 7.98. The summed E-state index contributed by atoms with van der Waals surface area (Å²) in [5, 5.41) is 0. The molecule has 1 aliphatic rings. The quantitative estimate of drug-likeness (QED) is 0.309. The van der Waals surface area contributed by atoms with E-state index in [1.165, 1.54) is 23.9 Å². The van der Waals surface area contributed by atoms with Gasteiger partial charge < -0.3 is 14.5 Å². The van der Waals surface area contributed by atoms with Gasteiger partial charge in [0.2, 0.25) is 5.78 Å². The first-order chi connectivity index (χ1) is 16.2. The number of ether oxygens (including phenoxy) is 2. The third-order valence-corrected chi connectivity index (χ3v) is 6.19. The van der Waals surface area contributed by atoms with Crippen molar-refractivity contribution in [3.8, 4) is 0 Å². The Bertz CT molecular complexity index is 1120. The summed E-state index contributed by atoms with van der Waals surface area (Å²) < 4.78 is 10.3. The Labute approximate surface area is 201 Å². The van der Waals surface area contributed by atoms with Gasteiger partial charge in [0, 0.05) is 5.69 Å². The summed E-state index contributed by atoms with van der Waals surface area (Å²) in [6.45, 7) is 4.51. The van der Waals surface area contributed by atoms with Gasteiger partial charge in [0.15, 0.2) is 6.61 Å². The van der Waals surface area contributed by atoms with E-state index in [1.807, 2.05) is 6.26 Å². The second-order valence-corrected chi connectivity index (χ2v) is 8.69. The van der Waals surface area contributed by atoms with Crippen molar-refractivity contribution >= 4 is 41.3 Å². The van der Waals surface area contributed by atoms with Gasteiger partial charge in [0.05, 0.1) is 29.0 Å². The number of imide groups is 1. The van der Waals surface area contributed by atoms with Gasteiger partial charge in [-0.1, -0.05) is 12.1 Å². The Kier molecular flexibility index (Phi) is 7.93. The number of amides is 2. The van der Waals surface area contributed by atoms with Crippen molar-refractivity contribution in [1.82, 2.24) is 9.88 Å². The fraction of sp³-hybridized carbons (Fsp3) is 0.375. The number of hydrogen-bond donors (Lipinski definition) is 1. The number of nitrogens with zero attached hydrogens (tertiary/aromatic N) is 1. The lowest BCUT2D eigenvalue weighted by Crippen LogP contribution is -2.46. The zero-order chi connectivity index (χ0) is 25.0. The number of carbonyl (C=O) groups is 5. The normalized spacial score (nSPS) is 13.6. The lowest BCUT2D eigenvalue weighted by molar-refractivity contribution is -0.147. The summed E-state index contributed by atoms with van der Waals surface area (Å²) in [4.78, 5) is 67.4. The highest BCUT2D eigenvalue weighted by Gasteiger charge is 2.43. The molecule has 3 rings (SSSR count). The average Bonchev–Trinajstić information content (AvgIpc) is 3.25. The summed E-state index contributed by atoms with van der Waals surface area (Å²) in [5.41, 5.74) is 1.73. The standard InChI is InChI=1S/C24H26N2O7S/c1-5-32-24(31)19-13(2)20(25-14(19)3)18(27)12-33-23(30)17(10-11-34-4)26-21(28)15-8-6-7-9-16(15)22(26)29/h6-9,17,25H,5,10-12H2,1-4H3/t17-/m0/s1. The number of aromatic nitrogens is 1. The van der Waals surface area contributed by atoms with E-state index in [9.17, 15) is 24.0 Å². The van der Waals surface area contributed by atoms with E-state index in [4.69, 9.17) is 9.47 Å². The van der Waals surface area contributed by atoms with E-state index < -0.39 is 42.2 Å². The number of ketones is 1. The molecule has 0 bridgehead atoms. The lowest BCUT2D eigenvalue weighted by atomic mass is 10.1. The number of benzene rings is 1. The fourth-order valence-electron chi connectivity index (χ4n) is 3.92. The van der Waals surface area contributed by atoms with Crippen molar-refractivity contribution in [2.75, 3.05) is 25.2 Å². The summed E-state index contributed by atoms with van der Waals surface area (Å²) in [7, 11) is 0. The van der Waals surface area contributed by atoms with Crippen LogP contribution in [0.2, 0.25) is 0 Å². The molecule has 2 heterocycles. The summed E-state index contributed by atoms with van der Waals surface area (Å²) in [5.74, 6) is -2.57. The third kappa shape index (κ3) is 4.77. The Morgan fingerprint density at radius 2 is 1.68 bits per heavy atom. The highest BCUT2D eigenvalue weighted by atomic mass is 32.2. The lowest BCUT2D eigenvalue weighted by Gasteiger charge is -2.24. The number of aryl methyl sites for hydroxylation is 1. The van der Waals surface area contributed by atoms with Crippen molar-refractivity contribution in [2.24, 2.45) is 0 Å². The summed E-state index contributed by atoms with van der Waals surface area (Å²) in [6.07, 6.45) is 2.03. The molecule has 9 nitrogen and oxygen atoms in total. The molecule has 0 fully saturated rings. The topological polar surface area (TPSA) is 123 Å². The molecule has 1 N–H and O–H groups in total. The number of carbonyl (C=O) groups excluding carboxylic acids is 5. The minimum Gasteiger partial charge on any atom is -0.462 e. The van der Waals surface area contributed by atoms with Gasteiger partial charge in [-0.2, -0.15) is 11.8 Å². The zero-order valence-electron chi connectivity index (χ0n) is 19.4. The van der Waals surface area contributed by atoms with Crippen LogP contribution in [0.15, 0.2) is 24.3 Å². The van der Waals surface area contributed by atoms with Gasteiger partial charge >= 0.3 is 11.9 Å². The van der Waals surface area contributed by atoms with Gasteiger partial charge in [-0.25, -0.2) is 9.59 Å². The highest BCUT2D eigenvalue weighted by Crippen LogP contribution is 2.27. The van der Waals surface area contributed by atoms with E-state index in [0.29, 0.717) is 17.0 Å². The van der Waals surface area contributed by atoms with Crippen molar-refractivity contribution in [3.05, 3.63) is 57.9 Å². The molecule has 1 aromatic carbocycles. The summed E-state index contributed by atoms with van der Waals surface area (Å²) in [6, 6.07) is 5.20. The second-order valence-electron chi connectivity index (χ2n) is 7.70. The molecule has 180 valence electrons. The number of rotatable bonds is 10. The molecule has 0 saturated carbocycles. The molecule has 2 aromatic rings. The van der Waals surface area contributed by atoms with Crippen molar-refractivity contribution in [2.45, 2.75) is 33.2 Å². The van der Waals surface area contributed by atoms with Crippen LogP contribution in [-0.2, 0) is 14.3 Å². The zero-order valence-corrected chi connectivity index (χ0v) is 20.2.